The molecule has 1 aromatic rings. The number of anilines is 3. The summed E-state index contributed by atoms with van der Waals surface area (Å²) in [6.07, 6.45) is 6.30. The molecule has 0 amide bonds. The van der Waals surface area contributed by atoms with Gasteiger partial charge in [0.05, 0.1) is 0 Å². The maximum absolute atomic E-state index is 4.73. The fraction of sp³-hybridized carbons (Fsp3) is 0.786. The van der Waals surface area contributed by atoms with Crippen LogP contribution < -0.4 is 15.1 Å². The molecule has 0 atom stereocenters. The molecular formula is C14H24N6. The maximum Gasteiger partial charge on any atom is 0.232 e. The molecule has 1 saturated carbocycles. The molecule has 0 radical (unpaired) electrons. The molecule has 1 aliphatic heterocycles. The van der Waals surface area contributed by atoms with Crippen molar-refractivity contribution in [2.75, 3.05) is 41.8 Å². The van der Waals surface area contributed by atoms with E-state index in [1.807, 2.05) is 7.05 Å². The minimum atomic E-state index is 0.626. The minimum Gasteiger partial charge on any atom is -0.357 e. The van der Waals surface area contributed by atoms with Crippen LogP contribution in [0.3, 0.4) is 0 Å². The summed E-state index contributed by atoms with van der Waals surface area (Å²) in [4.78, 5) is 18.4. The third-order valence-corrected chi connectivity index (χ3v) is 4.06. The van der Waals surface area contributed by atoms with Crippen molar-refractivity contribution >= 4 is 17.8 Å². The van der Waals surface area contributed by atoms with Crippen LogP contribution in [0.5, 0.6) is 0 Å². The summed E-state index contributed by atoms with van der Waals surface area (Å²) in [5.41, 5.74) is 0. The van der Waals surface area contributed by atoms with Crippen molar-refractivity contribution in [1.82, 2.24) is 15.0 Å². The van der Waals surface area contributed by atoms with Gasteiger partial charge in [-0.3, -0.25) is 0 Å². The van der Waals surface area contributed by atoms with E-state index in [9.17, 15) is 0 Å². The number of nitrogens with zero attached hydrogens (tertiary/aromatic N) is 5. The molecule has 0 bridgehead atoms. The predicted molar refractivity (Wildman–Crippen MR) is 81.5 cm³/mol. The zero-order valence-corrected chi connectivity index (χ0v) is 12.5. The lowest BCUT2D eigenvalue weighted by molar-refractivity contribution is 0.567. The van der Waals surface area contributed by atoms with Crippen molar-refractivity contribution in [3.63, 3.8) is 0 Å². The normalized spacial score (nSPS) is 19.0. The summed E-state index contributed by atoms with van der Waals surface area (Å²) >= 11 is 0. The highest BCUT2D eigenvalue weighted by atomic mass is 15.4. The van der Waals surface area contributed by atoms with Crippen LogP contribution in [0.4, 0.5) is 17.8 Å². The Morgan fingerprint density at radius 2 is 1.90 bits per heavy atom. The van der Waals surface area contributed by atoms with Crippen molar-refractivity contribution in [3.8, 4) is 0 Å². The van der Waals surface area contributed by atoms with Crippen LogP contribution in [0.15, 0.2) is 0 Å². The van der Waals surface area contributed by atoms with Crippen LogP contribution >= 0.6 is 0 Å². The molecule has 1 saturated heterocycles. The van der Waals surface area contributed by atoms with E-state index in [1.54, 1.807) is 0 Å². The van der Waals surface area contributed by atoms with Gasteiger partial charge in [0.25, 0.3) is 0 Å². The Labute approximate surface area is 120 Å². The Morgan fingerprint density at radius 3 is 2.50 bits per heavy atom. The molecule has 2 heterocycles. The molecule has 1 aliphatic carbocycles. The second-order valence-electron chi connectivity index (χ2n) is 5.57. The van der Waals surface area contributed by atoms with Crippen LogP contribution in [0, 0.1) is 0 Å². The number of hydrogen-bond acceptors (Lipinski definition) is 6. The largest absolute Gasteiger partial charge is 0.357 e. The summed E-state index contributed by atoms with van der Waals surface area (Å²) in [5, 5.41) is 3.07. The zero-order chi connectivity index (χ0) is 13.9. The Bertz CT molecular complexity index is 453. The minimum absolute atomic E-state index is 0.626. The lowest BCUT2D eigenvalue weighted by atomic mass is 10.1. The molecule has 0 unspecified atom stereocenters. The maximum atomic E-state index is 4.73. The standard InChI is InChI=1S/C14H24N6/c1-3-20(11-7-8-11)14-17-12(15-2)16-13(18-14)19-9-5-4-6-10-19/h11H,3-10H2,1-2H3,(H,15,16,17,18). The predicted octanol–water partition coefficient (Wildman–Crippen LogP) is 1.89. The molecule has 0 aromatic carbocycles. The molecule has 6 heteroatoms. The SMILES string of the molecule is CCN(c1nc(NC)nc(N2CCCCC2)n1)C1CC1. The monoisotopic (exact) mass is 276 g/mol. The van der Waals surface area contributed by atoms with Crippen molar-refractivity contribution in [2.45, 2.75) is 45.1 Å². The molecule has 2 aliphatic rings. The first-order valence-electron chi connectivity index (χ1n) is 7.77. The second kappa shape index (κ2) is 5.81. The third kappa shape index (κ3) is 2.78. The zero-order valence-electron chi connectivity index (χ0n) is 12.5. The average molecular weight is 276 g/mol. The van der Waals surface area contributed by atoms with Gasteiger partial charge in [-0.1, -0.05) is 0 Å². The first-order chi connectivity index (χ1) is 9.81. The Hall–Kier alpha value is -1.59. The van der Waals surface area contributed by atoms with Crippen LogP contribution in [0.1, 0.15) is 39.0 Å². The molecule has 1 N–H and O–H groups in total. The van der Waals surface area contributed by atoms with Crippen LogP contribution in [-0.4, -0.2) is 47.7 Å². The lowest BCUT2D eigenvalue weighted by Gasteiger charge is -2.28. The van der Waals surface area contributed by atoms with Crippen LogP contribution in [0.2, 0.25) is 0 Å². The molecular weight excluding hydrogens is 252 g/mol. The Morgan fingerprint density at radius 1 is 1.15 bits per heavy atom. The number of hydrogen-bond donors (Lipinski definition) is 1. The van der Waals surface area contributed by atoms with E-state index >= 15 is 0 Å². The van der Waals surface area contributed by atoms with Gasteiger partial charge in [-0.15, -0.1) is 0 Å². The van der Waals surface area contributed by atoms with Crippen molar-refractivity contribution in [1.29, 1.82) is 0 Å². The highest BCUT2D eigenvalue weighted by molar-refractivity contribution is 5.46. The van der Waals surface area contributed by atoms with E-state index < -0.39 is 0 Å². The molecule has 110 valence electrons. The highest BCUT2D eigenvalue weighted by Gasteiger charge is 2.30. The summed E-state index contributed by atoms with van der Waals surface area (Å²) in [6.45, 7) is 5.24. The van der Waals surface area contributed by atoms with Gasteiger partial charge < -0.3 is 15.1 Å². The van der Waals surface area contributed by atoms with Gasteiger partial charge in [0.15, 0.2) is 0 Å². The molecule has 3 rings (SSSR count). The summed E-state index contributed by atoms with van der Waals surface area (Å²) in [6, 6.07) is 0.626. The summed E-state index contributed by atoms with van der Waals surface area (Å²) in [5.74, 6) is 2.34. The number of rotatable bonds is 5. The fourth-order valence-corrected chi connectivity index (χ4v) is 2.78. The van der Waals surface area contributed by atoms with Crippen molar-refractivity contribution in [2.24, 2.45) is 0 Å². The van der Waals surface area contributed by atoms with E-state index in [1.165, 1.54) is 32.1 Å². The topological polar surface area (TPSA) is 57.2 Å². The van der Waals surface area contributed by atoms with Gasteiger partial charge in [0.2, 0.25) is 17.8 Å². The number of piperidine rings is 1. The Balaban J connectivity index is 1.88. The molecule has 0 spiro atoms. The first-order valence-corrected chi connectivity index (χ1v) is 7.77. The van der Waals surface area contributed by atoms with Crippen molar-refractivity contribution in [3.05, 3.63) is 0 Å². The summed E-state index contributed by atoms with van der Waals surface area (Å²) in [7, 11) is 1.87. The van der Waals surface area contributed by atoms with Gasteiger partial charge in [-0.2, -0.15) is 15.0 Å². The van der Waals surface area contributed by atoms with Gasteiger partial charge in [0, 0.05) is 32.7 Å². The second-order valence-corrected chi connectivity index (χ2v) is 5.57. The fourth-order valence-electron chi connectivity index (χ4n) is 2.78. The van der Waals surface area contributed by atoms with Gasteiger partial charge in [-0.05, 0) is 39.0 Å². The summed E-state index contributed by atoms with van der Waals surface area (Å²) < 4.78 is 0. The van der Waals surface area contributed by atoms with Crippen LogP contribution in [0.25, 0.3) is 0 Å². The van der Waals surface area contributed by atoms with E-state index in [4.69, 9.17) is 4.98 Å². The first kappa shape index (κ1) is 13.4. The van der Waals surface area contributed by atoms with Crippen molar-refractivity contribution < 1.29 is 0 Å². The number of aromatic nitrogens is 3. The van der Waals surface area contributed by atoms with E-state index in [-0.39, 0.29) is 0 Å². The highest BCUT2D eigenvalue weighted by Crippen LogP contribution is 2.30. The number of nitrogens with one attached hydrogen (secondary N) is 1. The van der Waals surface area contributed by atoms with Gasteiger partial charge in [0.1, 0.15) is 0 Å². The lowest BCUT2D eigenvalue weighted by Crippen LogP contribution is -2.33. The molecule has 6 nitrogen and oxygen atoms in total. The van der Waals surface area contributed by atoms with Crippen LogP contribution in [-0.2, 0) is 0 Å². The Kier molecular flexibility index (Phi) is 3.89. The molecule has 1 aromatic heterocycles. The van der Waals surface area contributed by atoms with Gasteiger partial charge in [-0.25, -0.2) is 0 Å². The van der Waals surface area contributed by atoms with Gasteiger partial charge >= 0.3 is 0 Å². The van der Waals surface area contributed by atoms with E-state index in [0.29, 0.717) is 12.0 Å². The average Bonchev–Trinajstić information content (AvgIpc) is 3.33. The third-order valence-electron chi connectivity index (χ3n) is 4.06. The van der Waals surface area contributed by atoms with E-state index in [2.05, 4.69) is 32.0 Å². The smallest absolute Gasteiger partial charge is 0.232 e. The molecule has 2 fully saturated rings. The molecule has 20 heavy (non-hydrogen) atoms. The quantitative estimate of drug-likeness (QED) is 0.886. The van der Waals surface area contributed by atoms with E-state index in [0.717, 1.165) is 31.5 Å².